The normalized spacial score (nSPS) is 24.0. The molecule has 1 atom stereocenters. The molecular weight excluding hydrogens is 290 g/mol. The lowest BCUT2D eigenvalue weighted by molar-refractivity contribution is -0.149. The number of carbonyl (C=O) groups is 1. The van der Waals surface area contributed by atoms with Crippen molar-refractivity contribution in [3.05, 3.63) is 29.3 Å². The van der Waals surface area contributed by atoms with E-state index in [-0.39, 0.29) is 11.4 Å². The van der Waals surface area contributed by atoms with Gasteiger partial charge in [0.15, 0.2) is 0 Å². The Bertz CT molecular complexity index is 648. The van der Waals surface area contributed by atoms with Crippen LogP contribution in [0.1, 0.15) is 37.3 Å². The van der Waals surface area contributed by atoms with Crippen LogP contribution in [0.4, 0.5) is 0 Å². The van der Waals surface area contributed by atoms with Crippen LogP contribution in [0.3, 0.4) is 0 Å². The Morgan fingerprint density at radius 1 is 1.19 bits per heavy atom. The number of piperidine rings is 1. The molecular formula is C15H21NO4S. The highest BCUT2D eigenvalue weighted by Gasteiger charge is 2.47. The topological polar surface area (TPSA) is 74.7 Å². The van der Waals surface area contributed by atoms with E-state index in [0.717, 1.165) is 21.9 Å². The van der Waals surface area contributed by atoms with Crippen LogP contribution in [0, 0.1) is 13.8 Å². The van der Waals surface area contributed by atoms with E-state index in [0.29, 0.717) is 12.8 Å². The van der Waals surface area contributed by atoms with Crippen molar-refractivity contribution in [2.45, 2.75) is 50.5 Å². The molecule has 116 valence electrons. The monoisotopic (exact) mass is 311 g/mol. The van der Waals surface area contributed by atoms with Gasteiger partial charge in [0.25, 0.3) is 0 Å². The number of hydrogen-bond acceptors (Lipinski definition) is 3. The van der Waals surface area contributed by atoms with Gasteiger partial charge < -0.3 is 5.11 Å². The number of carboxylic acids is 1. The second-order valence-electron chi connectivity index (χ2n) is 5.94. The molecule has 1 saturated heterocycles. The highest BCUT2D eigenvalue weighted by Crippen LogP contribution is 2.34. The first-order valence-corrected chi connectivity index (χ1v) is 8.46. The summed E-state index contributed by atoms with van der Waals surface area (Å²) in [5, 5.41) is 9.48. The summed E-state index contributed by atoms with van der Waals surface area (Å²) < 4.78 is 26.9. The molecule has 6 heteroatoms. The van der Waals surface area contributed by atoms with Gasteiger partial charge in [-0.3, -0.25) is 4.79 Å². The van der Waals surface area contributed by atoms with Crippen molar-refractivity contribution in [3.8, 4) is 0 Å². The number of aliphatic carboxylic acids is 1. The molecule has 1 N–H and O–H groups in total. The van der Waals surface area contributed by atoms with Crippen molar-refractivity contribution in [1.82, 2.24) is 4.31 Å². The van der Waals surface area contributed by atoms with Gasteiger partial charge in [0.2, 0.25) is 10.0 Å². The maximum Gasteiger partial charge on any atom is 0.324 e. The Labute approximate surface area is 125 Å². The predicted molar refractivity (Wildman–Crippen MR) is 79.7 cm³/mol. The minimum atomic E-state index is -3.81. The number of rotatable bonds is 3. The molecule has 0 radical (unpaired) electrons. The standard InChI is InChI=1S/C15H21NO4S/c1-11-8-12(2)10-13(9-11)21(19,20)16-7-5-4-6-15(16,3)14(17)18/h8-10H,4-7H2,1-3H3,(H,17,18). The minimum Gasteiger partial charge on any atom is -0.480 e. The molecule has 0 aliphatic carbocycles. The van der Waals surface area contributed by atoms with Crippen molar-refractivity contribution in [3.63, 3.8) is 0 Å². The van der Waals surface area contributed by atoms with Crippen LogP contribution < -0.4 is 0 Å². The van der Waals surface area contributed by atoms with E-state index >= 15 is 0 Å². The number of nitrogens with zero attached hydrogens (tertiary/aromatic N) is 1. The lowest BCUT2D eigenvalue weighted by atomic mass is 9.91. The van der Waals surface area contributed by atoms with E-state index in [4.69, 9.17) is 0 Å². The first kappa shape index (κ1) is 16.0. The van der Waals surface area contributed by atoms with Gasteiger partial charge in [-0.25, -0.2) is 8.42 Å². The molecule has 1 unspecified atom stereocenters. The molecule has 1 fully saturated rings. The fraction of sp³-hybridized carbons (Fsp3) is 0.533. The number of carboxylic acid groups (broad SMARTS) is 1. The largest absolute Gasteiger partial charge is 0.480 e. The zero-order chi connectivity index (χ0) is 15.8. The smallest absolute Gasteiger partial charge is 0.324 e. The highest BCUT2D eigenvalue weighted by atomic mass is 32.2. The fourth-order valence-electron chi connectivity index (χ4n) is 2.90. The van der Waals surface area contributed by atoms with E-state index in [1.807, 2.05) is 19.9 Å². The van der Waals surface area contributed by atoms with Crippen LogP contribution in [0.15, 0.2) is 23.1 Å². The maximum atomic E-state index is 12.9. The van der Waals surface area contributed by atoms with Crippen LogP contribution in [0.2, 0.25) is 0 Å². The first-order chi connectivity index (χ1) is 9.68. The molecule has 0 bridgehead atoms. The van der Waals surface area contributed by atoms with Crippen LogP contribution in [0.5, 0.6) is 0 Å². The summed E-state index contributed by atoms with van der Waals surface area (Å²) in [5.74, 6) is -1.09. The SMILES string of the molecule is Cc1cc(C)cc(S(=O)(=O)N2CCCCC2(C)C(=O)O)c1. The van der Waals surface area contributed by atoms with Crippen molar-refractivity contribution in [2.24, 2.45) is 0 Å². The lowest BCUT2D eigenvalue weighted by Gasteiger charge is -2.40. The number of hydrogen-bond donors (Lipinski definition) is 1. The third-order valence-corrected chi connectivity index (χ3v) is 6.07. The molecule has 1 aromatic carbocycles. The van der Waals surface area contributed by atoms with Gasteiger partial charge in [0, 0.05) is 6.54 Å². The Hall–Kier alpha value is -1.40. The third kappa shape index (κ3) is 2.82. The van der Waals surface area contributed by atoms with Crippen molar-refractivity contribution < 1.29 is 18.3 Å². The molecule has 1 aromatic rings. The van der Waals surface area contributed by atoms with Crippen LogP contribution >= 0.6 is 0 Å². The Kier molecular flexibility index (Phi) is 4.13. The van der Waals surface area contributed by atoms with E-state index in [1.54, 1.807) is 12.1 Å². The molecule has 0 amide bonds. The average Bonchev–Trinajstić information content (AvgIpc) is 2.37. The Balaban J connectivity index is 2.53. The highest BCUT2D eigenvalue weighted by molar-refractivity contribution is 7.89. The first-order valence-electron chi connectivity index (χ1n) is 7.02. The molecule has 0 saturated carbocycles. The van der Waals surface area contributed by atoms with Crippen LogP contribution in [0.25, 0.3) is 0 Å². The van der Waals surface area contributed by atoms with Crippen LogP contribution in [-0.4, -0.2) is 35.9 Å². The third-order valence-electron chi connectivity index (χ3n) is 4.07. The Morgan fingerprint density at radius 3 is 2.29 bits per heavy atom. The van der Waals surface area contributed by atoms with Crippen molar-refractivity contribution >= 4 is 16.0 Å². The lowest BCUT2D eigenvalue weighted by Crippen LogP contribution is -2.57. The fourth-order valence-corrected chi connectivity index (χ4v) is 4.90. The zero-order valence-corrected chi connectivity index (χ0v) is 13.4. The van der Waals surface area contributed by atoms with Crippen molar-refractivity contribution in [2.75, 3.05) is 6.54 Å². The van der Waals surface area contributed by atoms with Gasteiger partial charge in [-0.05, 0) is 63.3 Å². The predicted octanol–water partition coefficient (Wildman–Crippen LogP) is 2.32. The van der Waals surface area contributed by atoms with E-state index < -0.39 is 21.5 Å². The molecule has 5 nitrogen and oxygen atoms in total. The molecule has 21 heavy (non-hydrogen) atoms. The molecule has 2 rings (SSSR count). The number of benzene rings is 1. The van der Waals surface area contributed by atoms with E-state index in [2.05, 4.69) is 0 Å². The molecule has 0 aromatic heterocycles. The van der Waals surface area contributed by atoms with Gasteiger partial charge in [-0.2, -0.15) is 4.31 Å². The van der Waals surface area contributed by atoms with Crippen LogP contribution in [-0.2, 0) is 14.8 Å². The summed E-state index contributed by atoms with van der Waals surface area (Å²) >= 11 is 0. The Morgan fingerprint density at radius 2 is 1.76 bits per heavy atom. The summed E-state index contributed by atoms with van der Waals surface area (Å²) in [6.07, 6.45) is 1.75. The average molecular weight is 311 g/mol. The second kappa shape index (κ2) is 5.42. The number of sulfonamides is 1. The van der Waals surface area contributed by atoms with Gasteiger partial charge >= 0.3 is 5.97 Å². The second-order valence-corrected chi connectivity index (χ2v) is 7.80. The summed E-state index contributed by atoms with van der Waals surface area (Å²) in [4.78, 5) is 11.8. The van der Waals surface area contributed by atoms with Gasteiger partial charge in [0.1, 0.15) is 5.54 Å². The summed E-state index contributed by atoms with van der Waals surface area (Å²) in [6.45, 7) is 5.41. The summed E-state index contributed by atoms with van der Waals surface area (Å²) in [7, 11) is -3.81. The number of aryl methyl sites for hydroxylation is 2. The van der Waals surface area contributed by atoms with Gasteiger partial charge in [-0.15, -0.1) is 0 Å². The quantitative estimate of drug-likeness (QED) is 0.929. The van der Waals surface area contributed by atoms with Gasteiger partial charge in [-0.1, -0.05) is 6.07 Å². The summed E-state index contributed by atoms with van der Waals surface area (Å²) in [5.41, 5.74) is 0.333. The zero-order valence-electron chi connectivity index (χ0n) is 12.6. The van der Waals surface area contributed by atoms with Crippen molar-refractivity contribution in [1.29, 1.82) is 0 Å². The minimum absolute atomic E-state index is 0.175. The molecule has 1 aliphatic rings. The molecule has 1 aliphatic heterocycles. The summed E-state index contributed by atoms with van der Waals surface area (Å²) in [6, 6.07) is 5.09. The molecule has 1 heterocycles. The van der Waals surface area contributed by atoms with E-state index in [9.17, 15) is 18.3 Å². The van der Waals surface area contributed by atoms with E-state index in [1.165, 1.54) is 6.92 Å². The molecule has 0 spiro atoms. The van der Waals surface area contributed by atoms with Gasteiger partial charge in [0.05, 0.1) is 4.90 Å². The maximum absolute atomic E-state index is 12.9.